The fraction of sp³-hybridized carbons (Fsp3) is 0.0714. The first-order chi connectivity index (χ1) is 16.9. The molecule has 0 atom stereocenters. The Morgan fingerprint density at radius 2 is 1.69 bits per heavy atom. The van der Waals surface area contributed by atoms with Crippen LogP contribution < -0.4 is 15.5 Å². The maximum Gasteiger partial charge on any atom is 0.262 e. The van der Waals surface area contributed by atoms with Gasteiger partial charge in [0.25, 0.3) is 5.91 Å². The molecule has 0 radical (unpaired) electrons. The van der Waals surface area contributed by atoms with Crippen molar-refractivity contribution in [1.82, 2.24) is 0 Å². The zero-order valence-corrected chi connectivity index (χ0v) is 20.1. The highest BCUT2D eigenvalue weighted by Gasteiger charge is 2.20. The van der Waals surface area contributed by atoms with E-state index in [0.29, 0.717) is 26.9 Å². The number of carbonyl (C=O) groups is 1. The second-order valence-corrected chi connectivity index (χ2v) is 8.90. The van der Waals surface area contributed by atoms with Crippen molar-refractivity contribution in [3.8, 4) is 17.1 Å². The number of hydrogen-bond acceptors (Lipinski definition) is 4. The molecule has 0 unspecified atom stereocenters. The average molecular weight is 504 g/mol. The summed E-state index contributed by atoms with van der Waals surface area (Å²) < 4.78 is 11.9. The molecule has 0 saturated carbocycles. The molecule has 0 bridgehead atoms. The van der Waals surface area contributed by atoms with Crippen LogP contribution >= 0.6 is 23.2 Å². The minimum atomic E-state index is -0.420. The van der Waals surface area contributed by atoms with Gasteiger partial charge in [0.1, 0.15) is 5.58 Å². The van der Waals surface area contributed by atoms with Crippen molar-refractivity contribution in [2.45, 2.75) is 6.92 Å². The molecule has 5 nitrogen and oxygen atoms in total. The van der Waals surface area contributed by atoms with Gasteiger partial charge in [-0.3, -0.25) is 9.59 Å². The van der Waals surface area contributed by atoms with Crippen molar-refractivity contribution in [3.05, 3.63) is 105 Å². The second-order valence-electron chi connectivity index (χ2n) is 8.06. The highest BCUT2D eigenvalue weighted by molar-refractivity contribution is 6.32. The van der Waals surface area contributed by atoms with Crippen LogP contribution in [0.3, 0.4) is 0 Å². The number of fused-ring (bicyclic) bond motifs is 2. The van der Waals surface area contributed by atoms with Crippen LogP contribution in [0.1, 0.15) is 5.56 Å². The molecule has 1 N–H and O–H groups in total. The van der Waals surface area contributed by atoms with E-state index in [-0.39, 0.29) is 23.5 Å². The molecule has 35 heavy (non-hydrogen) atoms. The number of aryl methyl sites for hydroxylation is 1. The summed E-state index contributed by atoms with van der Waals surface area (Å²) in [4.78, 5) is 26.2. The molecule has 0 aliphatic carbocycles. The van der Waals surface area contributed by atoms with Gasteiger partial charge in [-0.1, -0.05) is 59.6 Å². The quantitative estimate of drug-likeness (QED) is 0.274. The number of benzene rings is 4. The lowest BCUT2D eigenvalue weighted by molar-refractivity contribution is -0.118. The fourth-order valence-electron chi connectivity index (χ4n) is 3.88. The van der Waals surface area contributed by atoms with Crippen molar-refractivity contribution in [3.63, 3.8) is 0 Å². The summed E-state index contributed by atoms with van der Waals surface area (Å²) >= 11 is 12.3. The molecule has 1 heterocycles. The highest BCUT2D eigenvalue weighted by atomic mass is 35.5. The average Bonchev–Trinajstić information content (AvgIpc) is 2.85. The molecule has 174 valence electrons. The maximum absolute atomic E-state index is 13.4. The van der Waals surface area contributed by atoms with E-state index in [9.17, 15) is 9.59 Å². The lowest BCUT2D eigenvalue weighted by Crippen LogP contribution is -2.22. The van der Waals surface area contributed by atoms with Crippen LogP contribution in [0.4, 0.5) is 5.69 Å². The van der Waals surface area contributed by atoms with Crippen LogP contribution in [-0.2, 0) is 4.79 Å². The van der Waals surface area contributed by atoms with E-state index >= 15 is 0 Å². The molecule has 0 fully saturated rings. The van der Waals surface area contributed by atoms with Gasteiger partial charge >= 0.3 is 0 Å². The molecular formula is C28H19Cl2NO4. The molecule has 4 aromatic carbocycles. The molecule has 0 spiro atoms. The Morgan fingerprint density at radius 1 is 0.943 bits per heavy atom. The molecule has 0 saturated heterocycles. The van der Waals surface area contributed by atoms with Crippen LogP contribution in [0.2, 0.25) is 10.0 Å². The lowest BCUT2D eigenvalue weighted by Gasteiger charge is -2.13. The molecule has 7 heteroatoms. The van der Waals surface area contributed by atoms with Crippen LogP contribution in [0.25, 0.3) is 33.1 Å². The van der Waals surface area contributed by atoms with Gasteiger partial charge in [-0.05, 0) is 60.3 Å². The zero-order valence-electron chi connectivity index (χ0n) is 18.6. The summed E-state index contributed by atoms with van der Waals surface area (Å²) in [5, 5.41) is 6.00. The van der Waals surface area contributed by atoms with Crippen LogP contribution in [-0.4, -0.2) is 12.5 Å². The third kappa shape index (κ3) is 4.61. The van der Waals surface area contributed by atoms with Gasteiger partial charge in [0, 0.05) is 26.7 Å². The normalized spacial score (nSPS) is 11.1. The minimum Gasteiger partial charge on any atom is -0.476 e. The second kappa shape index (κ2) is 9.45. The smallest absolute Gasteiger partial charge is 0.262 e. The number of hydrogen-bond donors (Lipinski definition) is 1. The monoisotopic (exact) mass is 503 g/mol. The van der Waals surface area contributed by atoms with E-state index in [0.717, 1.165) is 16.3 Å². The van der Waals surface area contributed by atoms with E-state index in [1.54, 1.807) is 36.4 Å². The third-order valence-corrected chi connectivity index (χ3v) is 6.31. The van der Waals surface area contributed by atoms with Crippen LogP contribution in [0.5, 0.6) is 5.75 Å². The lowest BCUT2D eigenvalue weighted by atomic mass is 10.1. The van der Waals surface area contributed by atoms with Crippen molar-refractivity contribution in [2.75, 3.05) is 11.9 Å². The predicted molar refractivity (Wildman–Crippen MR) is 141 cm³/mol. The SMILES string of the molecule is Cc1cc2oc(-c3ccc(Cl)cc3)c(OCC(=O)Nc3cccc4ccccc34)c(=O)c2cc1Cl. The third-order valence-electron chi connectivity index (χ3n) is 5.65. The van der Waals surface area contributed by atoms with Gasteiger partial charge in [0.2, 0.25) is 11.2 Å². The van der Waals surface area contributed by atoms with Crippen molar-refractivity contribution < 1.29 is 13.9 Å². The van der Waals surface area contributed by atoms with Crippen molar-refractivity contribution in [1.29, 1.82) is 0 Å². The van der Waals surface area contributed by atoms with E-state index in [4.69, 9.17) is 32.4 Å². The van der Waals surface area contributed by atoms with E-state index in [1.807, 2.05) is 49.4 Å². The topological polar surface area (TPSA) is 68.5 Å². The Bertz CT molecular complexity index is 1640. The first-order valence-electron chi connectivity index (χ1n) is 10.8. The fourth-order valence-corrected chi connectivity index (χ4v) is 4.17. The van der Waals surface area contributed by atoms with Gasteiger partial charge in [0.05, 0.1) is 5.39 Å². The van der Waals surface area contributed by atoms with E-state index in [2.05, 4.69) is 5.32 Å². The Balaban J connectivity index is 1.51. The van der Waals surface area contributed by atoms with Gasteiger partial charge in [0.15, 0.2) is 12.4 Å². The molecule has 5 aromatic rings. The predicted octanol–water partition coefficient (Wildman–Crippen LogP) is 7.25. The molecule has 5 rings (SSSR count). The first kappa shape index (κ1) is 23.0. The number of amides is 1. The van der Waals surface area contributed by atoms with Crippen molar-refractivity contribution in [2.24, 2.45) is 0 Å². The van der Waals surface area contributed by atoms with Crippen LogP contribution in [0.15, 0.2) is 88.1 Å². The van der Waals surface area contributed by atoms with E-state index < -0.39 is 11.3 Å². The molecule has 0 aliphatic heterocycles. The Morgan fingerprint density at radius 3 is 2.49 bits per heavy atom. The summed E-state index contributed by atoms with van der Waals surface area (Å²) in [7, 11) is 0. The minimum absolute atomic E-state index is 0.0761. The Labute approximate surface area is 210 Å². The van der Waals surface area contributed by atoms with Gasteiger partial charge in [-0.25, -0.2) is 0 Å². The molecule has 0 aliphatic rings. The number of rotatable bonds is 5. The van der Waals surface area contributed by atoms with Gasteiger partial charge in [-0.15, -0.1) is 0 Å². The summed E-state index contributed by atoms with van der Waals surface area (Å²) in [6.07, 6.45) is 0. The van der Waals surface area contributed by atoms with Gasteiger partial charge < -0.3 is 14.5 Å². The van der Waals surface area contributed by atoms with Crippen molar-refractivity contribution >= 4 is 56.5 Å². The van der Waals surface area contributed by atoms with E-state index in [1.165, 1.54) is 0 Å². The van der Waals surface area contributed by atoms with Gasteiger partial charge in [-0.2, -0.15) is 0 Å². The Kier molecular flexibility index (Phi) is 6.20. The molecule has 1 aromatic heterocycles. The standard InChI is InChI=1S/C28H19Cl2NO4/c1-16-13-24-21(14-22(16)30)26(33)28(27(35-24)18-9-11-19(29)12-10-18)34-15-25(32)31-23-8-4-6-17-5-2-3-7-20(17)23/h2-14H,15H2,1H3,(H,31,32). The highest BCUT2D eigenvalue weighted by Crippen LogP contribution is 2.33. The summed E-state index contributed by atoms with van der Waals surface area (Å²) in [6, 6.07) is 23.4. The first-order valence-corrected chi connectivity index (χ1v) is 11.6. The largest absolute Gasteiger partial charge is 0.476 e. The number of halogens is 2. The summed E-state index contributed by atoms with van der Waals surface area (Å²) in [5.41, 5.74) is 1.96. The van der Waals surface area contributed by atoms with Crippen LogP contribution in [0, 0.1) is 6.92 Å². The number of ether oxygens (including phenoxy) is 1. The zero-order chi connectivity index (χ0) is 24.5. The Hall–Kier alpha value is -3.80. The molecule has 1 amide bonds. The summed E-state index contributed by atoms with van der Waals surface area (Å²) in [6.45, 7) is 1.44. The number of carbonyl (C=O) groups excluding carboxylic acids is 1. The maximum atomic E-state index is 13.4. The molecular weight excluding hydrogens is 485 g/mol. The number of anilines is 1. The summed E-state index contributed by atoms with van der Waals surface area (Å²) in [5.74, 6) is -0.281. The number of nitrogens with one attached hydrogen (secondary N) is 1.